The first-order valence-corrected chi connectivity index (χ1v) is 6.68. The molecule has 1 atom stereocenters. The Morgan fingerprint density at radius 2 is 2.00 bits per heavy atom. The summed E-state index contributed by atoms with van der Waals surface area (Å²) in [6, 6.07) is 2.16. The summed E-state index contributed by atoms with van der Waals surface area (Å²) in [4.78, 5) is 32.7. The van der Waals surface area contributed by atoms with Gasteiger partial charge in [0, 0.05) is 12.5 Å². The van der Waals surface area contributed by atoms with E-state index in [9.17, 15) is 24.8 Å². The van der Waals surface area contributed by atoms with Gasteiger partial charge in [0.15, 0.2) is 5.75 Å². The number of alkyl carbamates (subject to hydrolysis) is 1. The number of rotatable bonds is 5. The van der Waals surface area contributed by atoms with Gasteiger partial charge in [-0.25, -0.2) is 9.59 Å². The van der Waals surface area contributed by atoms with Crippen LogP contribution < -0.4 is 5.32 Å². The molecular formula is C14H18N2O7. The van der Waals surface area contributed by atoms with Gasteiger partial charge in [0.2, 0.25) is 0 Å². The number of nitro benzene ring substituents is 1. The minimum Gasteiger partial charge on any atom is -0.502 e. The fourth-order valence-electron chi connectivity index (χ4n) is 1.74. The lowest BCUT2D eigenvalue weighted by Gasteiger charge is -2.22. The molecular weight excluding hydrogens is 308 g/mol. The molecule has 0 aromatic heterocycles. The summed E-state index contributed by atoms with van der Waals surface area (Å²) in [5.74, 6) is -1.87. The summed E-state index contributed by atoms with van der Waals surface area (Å²) in [6.07, 6.45) is -1.06. The molecule has 0 aliphatic rings. The van der Waals surface area contributed by atoms with E-state index >= 15 is 0 Å². The third kappa shape index (κ3) is 5.81. The van der Waals surface area contributed by atoms with Gasteiger partial charge in [-0.3, -0.25) is 10.1 Å². The lowest BCUT2D eigenvalue weighted by molar-refractivity contribution is -0.385. The Kier molecular flexibility index (Phi) is 5.50. The van der Waals surface area contributed by atoms with Crippen LogP contribution in [0.5, 0.6) is 5.75 Å². The number of ether oxygens (including phenoxy) is 1. The number of aromatic hydroxyl groups is 1. The van der Waals surface area contributed by atoms with Crippen LogP contribution in [0, 0.1) is 10.1 Å². The third-order valence-electron chi connectivity index (χ3n) is 2.67. The van der Waals surface area contributed by atoms with Crippen molar-refractivity contribution in [3.8, 4) is 5.75 Å². The molecule has 0 fully saturated rings. The Bertz CT molecular complexity index is 622. The quantitative estimate of drug-likeness (QED) is 0.554. The number of carboxylic acids is 1. The van der Waals surface area contributed by atoms with Crippen molar-refractivity contribution in [1.29, 1.82) is 0 Å². The highest BCUT2D eigenvalue weighted by Crippen LogP contribution is 2.26. The normalized spacial score (nSPS) is 12.3. The molecule has 0 heterocycles. The number of carbonyl (C=O) groups excluding carboxylic acids is 1. The van der Waals surface area contributed by atoms with Gasteiger partial charge in [-0.05, 0) is 32.4 Å². The SMILES string of the molecule is CC(C)(C)OC(=O)N[C@@H](Cc1ccc([N+](=O)[O-])c(O)c1)C(=O)O. The average molecular weight is 326 g/mol. The molecule has 3 N–H and O–H groups in total. The Balaban J connectivity index is 2.85. The van der Waals surface area contributed by atoms with Crippen LogP contribution in [0.1, 0.15) is 26.3 Å². The van der Waals surface area contributed by atoms with Crippen LogP contribution in [0.15, 0.2) is 18.2 Å². The average Bonchev–Trinajstić information content (AvgIpc) is 2.35. The molecule has 9 heteroatoms. The summed E-state index contributed by atoms with van der Waals surface area (Å²) in [7, 11) is 0. The lowest BCUT2D eigenvalue weighted by atomic mass is 10.1. The first-order valence-electron chi connectivity index (χ1n) is 6.68. The second-order valence-corrected chi connectivity index (χ2v) is 5.82. The van der Waals surface area contributed by atoms with E-state index in [2.05, 4.69) is 5.32 Å². The van der Waals surface area contributed by atoms with Gasteiger partial charge in [0.25, 0.3) is 0 Å². The number of nitrogens with one attached hydrogen (secondary N) is 1. The van der Waals surface area contributed by atoms with E-state index in [0.717, 1.165) is 12.1 Å². The van der Waals surface area contributed by atoms with E-state index in [1.54, 1.807) is 20.8 Å². The summed E-state index contributed by atoms with van der Waals surface area (Å²) < 4.78 is 4.98. The van der Waals surface area contributed by atoms with Crippen molar-refractivity contribution in [2.45, 2.75) is 38.8 Å². The molecule has 126 valence electrons. The van der Waals surface area contributed by atoms with Gasteiger partial charge in [-0.2, -0.15) is 0 Å². The van der Waals surface area contributed by atoms with Crippen LogP contribution in [0.2, 0.25) is 0 Å². The van der Waals surface area contributed by atoms with Gasteiger partial charge in [0.1, 0.15) is 11.6 Å². The van der Waals surface area contributed by atoms with Crippen molar-refractivity contribution >= 4 is 17.7 Å². The number of hydrogen-bond donors (Lipinski definition) is 3. The molecule has 0 saturated heterocycles. The molecule has 1 aromatic carbocycles. The zero-order valence-corrected chi connectivity index (χ0v) is 12.9. The first kappa shape index (κ1) is 18.2. The molecule has 0 unspecified atom stereocenters. The molecule has 0 bridgehead atoms. The zero-order chi connectivity index (χ0) is 17.8. The number of phenols is 1. The topological polar surface area (TPSA) is 139 Å². The van der Waals surface area contributed by atoms with Crippen LogP contribution in [0.4, 0.5) is 10.5 Å². The van der Waals surface area contributed by atoms with Gasteiger partial charge < -0.3 is 20.3 Å². The Hall–Kier alpha value is -2.84. The predicted octanol–water partition coefficient (Wildman–Crippen LogP) is 1.82. The Morgan fingerprint density at radius 1 is 1.39 bits per heavy atom. The molecule has 1 aromatic rings. The Labute approximate surface area is 132 Å². The van der Waals surface area contributed by atoms with Crippen molar-refractivity contribution in [1.82, 2.24) is 5.32 Å². The summed E-state index contributed by atoms with van der Waals surface area (Å²) in [5.41, 5.74) is -0.948. The van der Waals surface area contributed by atoms with Gasteiger partial charge in [0.05, 0.1) is 4.92 Å². The van der Waals surface area contributed by atoms with Crippen LogP contribution in [0.3, 0.4) is 0 Å². The highest BCUT2D eigenvalue weighted by atomic mass is 16.6. The molecule has 0 aliphatic carbocycles. The molecule has 0 spiro atoms. The largest absolute Gasteiger partial charge is 0.502 e. The molecule has 1 rings (SSSR count). The third-order valence-corrected chi connectivity index (χ3v) is 2.67. The van der Waals surface area contributed by atoms with Crippen molar-refractivity contribution in [2.24, 2.45) is 0 Å². The summed E-state index contributed by atoms with van der Waals surface area (Å²) >= 11 is 0. The standard InChI is InChI=1S/C14H18N2O7/c1-14(2,3)23-13(20)15-9(12(18)19)6-8-4-5-10(16(21)22)11(17)7-8/h4-5,7,9,17H,6H2,1-3H3,(H,15,20)(H,18,19)/t9-/m0/s1. The maximum Gasteiger partial charge on any atom is 0.408 e. The van der Waals surface area contributed by atoms with E-state index in [1.165, 1.54) is 6.07 Å². The fourth-order valence-corrected chi connectivity index (χ4v) is 1.74. The predicted molar refractivity (Wildman–Crippen MR) is 79.3 cm³/mol. The van der Waals surface area contributed by atoms with Crippen molar-refractivity contribution in [3.05, 3.63) is 33.9 Å². The van der Waals surface area contributed by atoms with Gasteiger partial charge >= 0.3 is 17.7 Å². The number of carboxylic acid groups (broad SMARTS) is 1. The van der Waals surface area contributed by atoms with Crippen LogP contribution >= 0.6 is 0 Å². The summed E-state index contributed by atoms with van der Waals surface area (Å²) in [6.45, 7) is 4.91. The van der Waals surface area contributed by atoms with E-state index in [0.29, 0.717) is 5.56 Å². The number of amides is 1. The number of nitro groups is 1. The zero-order valence-electron chi connectivity index (χ0n) is 12.9. The van der Waals surface area contributed by atoms with Crippen molar-refractivity contribution in [3.63, 3.8) is 0 Å². The summed E-state index contributed by atoms with van der Waals surface area (Å²) in [5, 5.41) is 31.5. The minimum atomic E-state index is -1.30. The minimum absolute atomic E-state index is 0.167. The maximum atomic E-state index is 11.6. The van der Waals surface area contributed by atoms with E-state index in [1.807, 2.05) is 0 Å². The molecule has 0 radical (unpaired) electrons. The molecule has 0 saturated carbocycles. The number of phenolic OH excluding ortho intramolecular Hbond substituents is 1. The first-order chi connectivity index (χ1) is 10.5. The van der Waals surface area contributed by atoms with Gasteiger partial charge in [-0.15, -0.1) is 0 Å². The number of nitrogens with zero attached hydrogens (tertiary/aromatic N) is 1. The number of carbonyl (C=O) groups is 2. The number of hydrogen-bond acceptors (Lipinski definition) is 6. The van der Waals surface area contributed by atoms with Crippen molar-refractivity contribution in [2.75, 3.05) is 0 Å². The number of benzene rings is 1. The second-order valence-electron chi connectivity index (χ2n) is 5.82. The fraction of sp³-hybridized carbons (Fsp3) is 0.429. The second kappa shape index (κ2) is 6.95. The van der Waals surface area contributed by atoms with Gasteiger partial charge in [-0.1, -0.05) is 6.07 Å². The van der Waals surface area contributed by atoms with E-state index < -0.39 is 40.1 Å². The van der Waals surface area contributed by atoms with Crippen LogP contribution in [0.25, 0.3) is 0 Å². The molecule has 1 amide bonds. The number of aliphatic carboxylic acids is 1. The molecule has 9 nitrogen and oxygen atoms in total. The van der Waals surface area contributed by atoms with Crippen LogP contribution in [-0.2, 0) is 16.0 Å². The maximum absolute atomic E-state index is 11.6. The van der Waals surface area contributed by atoms with E-state index in [-0.39, 0.29) is 6.42 Å². The monoisotopic (exact) mass is 326 g/mol. The van der Waals surface area contributed by atoms with Crippen LogP contribution in [-0.4, -0.2) is 38.8 Å². The molecule has 23 heavy (non-hydrogen) atoms. The Morgan fingerprint density at radius 3 is 2.43 bits per heavy atom. The smallest absolute Gasteiger partial charge is 0.408 e. The highest BCUT2D eigenvalue weighted by molar-refractivity contribution is 5.80. The highest BCUT2D eigenvalue weighted by Gasteiger charge is 2.25. The van der Waals surface area contributed by atoms with Crippen molar-refractivity contribution < 1.29 is 29.5 Å². The molecule has 0 aliphatic heterocycles. The lowest BCUT2D eigenvalue weighted by Crippen LogP contribution is -2.44. The van der Waals surface area contributed by atoms with E-state index in [4.69, 9.17) is 9.84 Å².